The lowest BCUT2D eigenvalue weighted by molar-refractivity contribution is -0.136. The van der Waals surface area contributed by atoms with Crippen LogP contribution in [0.3, 0.4) is 0 Å². The number of nitrogens with zero attached hydrogens (tertiary/aromatic N) is 2. The molecule has 0 aliphatic carbocycles. The van der Waals surface area contributed by atoms with Crippen LogP contribution in [0.15, 0.2) is 34.8 Å². The first kappa shape index (κ1) is 12.5. The fourth-order valence-corrected chi connectivity index (χ4v) is 2.21. The Morgan fingerprint density at radius 2 is 2.33 bits per heavy atom. The SMILES string of the molecule is Cn1ccs/c1=N\c1ccc(CC(=O)O)cc1F. The van der Waals surface area contributed by atoms with Crippen LogP contribution in [0.1, 0.15) is 5.56 Å². The molecule has 2 rings (SSSR count). The lowest BCUT2D eigenvalue weighted by atomic mass is 10.1. The minimum absolute atomic E-state index is 0.190. The zero-order valence-corrected chi connectivity index (χ0v) is 10.4. The Morgan fingerprint density at radius 3 is 2.89 bits per heavy atom. The van der Waals surface area contributed by atoms with Crippen LogP contribution < -0.4 is 4.80 Å². The number of halogens is 1. The van der Waals surface area contributed by atoms with E-state index in [4.69, 9.17) is 5.11 Å². The number of aryl methyl sites for hydroxylation is 1. The van der Waals surface area contributed by atoms with Gasteiger partial charge in [-0.25, -0.2) is 9.38 Å². The summed E-state index contributed by atoms with van der Waals surface area (Å²) in [5, 5.41) is 10.5. The van der Waals surface area contributed by atoms with E-state index in [2.05, 4.69) is 4.99 Å². The lowest BCUT2D eigenvalue weighted by Gasteiger charge is -2.00. The van der Waals surface area contributed by atoms with Crippen molar-refractivity contribution in [2.45, 2.75) is 6.42 Å². The van der Waals surface area contributed by atoms with Gasteiger partial charge in [0, 0.05) is 18.6 Å². The first-order valence-corrected chi connectivity index (χ1v) is 6.09. The molecule has 4 nitrogen and oxygen atoms in total. The summed E-state index contributed by atoms with van der Waals surface area (Å²) in [6, 6.07) is 4.28. The van der Waals surface area contributed by atoms with Crippen molar-refractivity contribution in [1.82, 2.24) is 4.57 Å². The molecule has 1 aromatic heterocycles. The summed E-state index contributed by atoms with van der Waals surface area (Å²) >= 11 is 1.40. The number of rotatable bonds is 3. The van der Waals surface area contributed by atoms with Gasteiger partial charge >= 0.3 is 5.97 Å². The van der Waals surface area contributed by atoms with Gasteiger partial charge in [0.25, 0.3) is 0 Å². The van der Waals surface area contributed by atoms with Crippen LogP contribution >= 0.6 is 11.3 Å². The number of aliphatic carboxylic acids is 1. The molecule has 0 amide bonds. The molecule has 0 saturated carbocycles. The molecule has 0 radical (unpaired) electrons. The van der Waals surface area contributed by atoms with Gasteiger partial charge < -0.3 is 9.67 Å². The molecule has 6 heteroatoms. The number of carboxylic acid groups (broad SMARTS) is 1. The number of carbonyl (C=O) groups is 1. The van der Waals surface area contributed by atoms with Gasteiger partial charge in [-0.05, 0) is 17.7 Å². The Kier molecular flexibility index (Phi) is 3.57. The third-order valence-electron chi connectivity index (χ3n) is 2.34. The van der Waals surface area contributed by atoms with Crippen molar-refractivity contribution in [3.63, 3.8) is 0 Å². The van der Waals surface area contributed by atoms with Gasteiger partial charge in [0.05, 0.1) is 6.42 Å². The Morgan fingerprint density at radius 1 is 1.56 bits per heavy atom. The fourth-order valence-electron chi connectivity index (χ4n) is 1.46. The summed E-state index contributed by atoms with van der Waals surface area (Å²) in [7, 11) is 1.83. The van der Waals surface area contributed by atoms with E-state index in [-0.39, 0.29) is 12.1 Å². The van der Waals surface area contributed by atoms with Crippen LogP contribution in [-0.4, -0.2) is 15.6 Å². The first-order valence-electron chi connectivity index (χ1n) is 5.21. The number of benzene rings is 1. The largest absolute Gasteiger partial charge is 0.481 e. The van der Waals surface area contributed by atoms with Crippen molar-refractivity contribution < 1.29 is 14.3 Å². The second-order valence-corrected chi connectivity index (χ2v) is 4.64. The second kappa shape index (κ2) is 5.14. The van der Waals surface area contributed by atoms with Gasteiger partial charge in [0.1, 0.15) is 11.5 Å². The summed E-state index contributed by atoms with van der Waals surface area (Å²) in [5.41, 5.74) is 0.636. The van der Waals surface area contributed by atoms with E-state index in [1.807, 2.05) is 18.6 Å². The van der Waals surface area contributed by atoms with Crippen LogP contribution in [-0.2, 0) is 18.3 Å². The van der Waals surface area contributed by atoms with Crippen LogP contribution in [0.5, 0.6) is 0 Å². The number of thiazole rings is 1. The third-order valence-corrected chi connectivity index (χ3v) is 3.19. The molecule has 0 spiro atoms. The standard InChI is InChI=1S/C12H11FN2O2S/c1-15-4-5-18-12(15)14-10-3-2-8(6-9(10)13)7-11(16)17/h2-6H,7H2,1H3,(H,16,17)/b14-12-. The van der Waals surface area contributed by atoms with Gasteiger partial charge in [0.15, 0.2) is 4.80 Å². The second-order valence-electron chi connectivity index (χ2n) is 3.76. The van der Waals surface area contributed by atoms with Crippen LogP contribution in [0.25, 0.3) is 0 Å². The highest BCUT2D eigenvalue weighted by Gasteiger charge is 2.06. The average molecular weight is 266 g/mol. The van der Waals surface area contributed by atoms with E-state index >= 15 is 0 Å². The summed E-state index contributed by atoms with van der Waals surface area (Å²) < 4.78 is 15.5. The topological polar surface area (TPSA) is 54.6 Å². The van der Waals surface area contributed by atoms with Crippen molar-refractivity contribution in [2.24, 2.45) is 12.0 Å². The van der Waals surface area contributed by atoms with Crippen molar-refractivity contribution in [3.05, 3.63) is 46.0 Å². The molecule has 1 N–H and O–H groups in total. The van der Waals surface area contributed by atoms with Crippen molar-refractivity contribution >= 4 is 23.0 Å². The molecule has 18 heavy (non-hydrogen) atoms. The number of hydrogen-bond donors (Lipinski definition) is 1. The van der Waals surface area contributed by atoms with Crippen LogP contribution in [0.4, 0.5) is 10.1 Å². The van der Waals surface area contributed by atoms with Gasteiger partial charge in [-0.1, -0.05) is 6.07 Å². The Labute approximate surface area is 107 Å². The minimum Gasteiger partial charge on any atom is -0.481 e. The summed E-state index contributed by atoms with van der Waals surface area (Å²) in [5.74, 6) is -1.49. The molecule has 0 aliphatic rings. The molecule has 0 bridgehead atoms. The third kappa shape index (κ3) is 2.84. The molecular weight excluding hydrogens is 255 g/mol. The Hall–Kier alpha value is -1.95. The normalized spacial score (nSPS) is 11.8. The van der Waals surface area contributed by atoms with E-state index in [9.17, 15) is 9.18 Å². The van der Waals surface area contributed by atoms with E-state index < -0.39 is 11.8 Å². The number of carboxylic acids is 1. The maximum atomic E-state index is 13.7. The molecule has 0 saturated heterocycles. The first-order chi connectivity index (χ1) is 8.56. The maximum absolute atomic E-state index is 13.7. The fraction of sp³-hybridized carbons (Fsp3) is 0.167. The van der Waals surface area contributed by atoms with Gasteiger partial charge in [-0.2, -0.15) is 0 Å². The van der Waals surface area contributed by atoms with E-state index in [1.54, 1.807) is 10.6 Å². The summed E-state index contributed by atoms with van der Waals surface area (Å²) in [6.45, 7) is 0. The predicted molar refractivity (Wildman–Crippen MR) is 66.3 cm³/mol. The molecule has 0 fully saturated rings. The van der Waals surface area contributed by atoms with E-state index in [0.29, 0.717) is 10.4 Å². The van der Waals surface area contributed by atoms with E-state index in [1.165, 1.54) is 23.5 Å². The van der Waals surface area contributed by atoms with Crippen molar-refractivity contribution in [1.29, 1.82) is 0 Å². The monoisotopic (exact) mass is 266 g/mol. The Bertz CT molecular complexity index is 646. The summed E-state index contributed by atoms with van der Waals surface area (Å²) in [4.78, 5) is 15.4. The van der Waals surface area contributed by atoms with Crippen LogP contribution in [0, 0.1) is 5.82 Å². The molecule has 1 heterocycles. The maximum Gasteiger partial charge on any atom is 0.307 e. The van der Waals surface area contributed by atoms with Gasteiger partial charge in [-0.3, -0.25) is 4.79 Å². The van der Waals surface area contributed by atoms with Crippen molar-refractivity contribution in [2.75, 3.05) is 0 Å². The quantitative estimate of drug-likeness (QED) is 0.924. The molecule has 0 aliphatic heterocycles. The zero-order chi connectivity index (χ0) is 13.1. The zero-order valence-electron chi connectivity index (χ0n) is 9.63. The molecule has 1 aromatic carbocycles. The van der Waals surface area contributed by atoms with Crippen LogP contribution in [0.2, 0.25) is 0 Å². The highest BCUT2D eigenvalue weighted by Crippen LogP contribution is 2.18. The lowest BCUT2D eigenvalue weighted by Crippen LogP contribution is -2.08. The molecular formula is C12H11FN2O2S. The molecule has 0 unspecified atom stereocenters. The molecule has 0 atom stereocenters. The number of aromatic nitrogens is 1. The highest BCUT2D eigenvalue weighted by molar-refractivity contribution is 7.07. The molecule has 2 aromatic rings. The van der Waals surface area contributed by atoms with Gasteiger partial charge in [-0.15, -0.1) is 11.3 Å². The smallest absolute Gasteiger partial charge is 0.307 e. The van der Waals surface area contributed by atoms with Gasteiger partial charge in [0.2, 0.25) is 0 Å². The average Bonchev–Trinajstić information content (AvgIpc) is 2.67. The van der Waals surface area contributed by atoms with E-state index in [0.717, 1.165) is 0 Å². The highest BCUT2D eigenvalue weighted by atomic mass is 32.1. The summed E-state index contributed by atoms with van der Waals surface area (Å²) in [6.07, 6.45) is 1.64. The number of hydrogen-bond acceptors (Lipinski definition) is 3. The minimum atomic E-state index is -0.983. The van der Waals surface area contributed by atoms with Crippen molar-refractivity contribution in [3.8, 4) is 0 Å². The molecule has 94 valence electrons. The Balaban J connectivity index is 2.37. The predicted octanol–water partition coefficient (Wildman–Crippen LogP) is 2.09.